The van der Waals surface area contributed by atoms with Crippen LogP contribution in [0.25, 0.3) is 0 Å². The molecule has 1 atom stereocenters. The highest BCUT2D eigenvalue weighted by molar-refractivity contribution is 6.39. The molecule has 0 aromatic heterocycles. The van der Waals surface area contributed by atoms with E-state index in [1.807, 2.05) is 18.2 Å². The number of methoxy groups -OCH3 is 1. The van der Waals surface area contributed by atoms with Gasteiger partial charge in [0, 0.05) is 13.2 Å². The molecule has 0 saturated heterocycles. The van der Waals surface area contributed by atoms with Crippen LogP contribution in [0.5, 0.6) is 0 Å². The first-order valence-corrected chi connectivity index (χ1v) is 6.37. The zero-order valence-electron chi connectivity index (χ0n) is 10.7. The second kappa shape index (κ2) is 5.94. The van der Waals surface area contributed by atoms with E-state index in [0.29, 0.717) is 10.0 Å². The molecular formula is C13H19Cl2NO. The summed E-state index contributed by atoms with van der Waals surface area (Å²) >= 11 is 12.2. The average molecular weight is 276 g/mol. The van der Waals surface area contributed by atoms with Crippen LogP contribution in [0.15, 0.2) is 18.2 Å². The molecule has 0 heterocycles. The Balaban J connectivity index is 2.72. The lowest BCUT2D eigenvalue weighted by Gasteiger charge is -2.28. The van der Waals surface area contributed by atoms with Gasteiger partial charge >= 0.3 is 0 Å². The first kappa shape index (κ1) is 14.6. The van der Waals surface area contributed by atoms with Crippen LogP contribution in [0.2, 0.25) is 10.0 Å². The van der Waals surface area contributed by atoms with Gasteiger partial charge in [0.1, 0.15) is 0 Å². The minimum atomic E-state index is -0.167. The van der Waals surface area contributed by atoms with Gasteiger partial charge in [-0.05, 0) is 39.3 Å². The number of benzene rings is 1. The summed E-state index contributed by atoms with van der Waals surface area (Å²) in [4.78, 5) is 0. The molecule has 0 fully saturated rings. The Morgan fingerprint density at radius 3 is 2.29 bits per heavy atom. The lowest BCUT2D eigenvalue weighted by atomic mass is 10.00. The number of anilines is 1. The summed E-state index contributed by atoms with van der Waals surface area (Å²) in [6.45, 7) is 6.19. The molecular weight excluding hydrogens is 257 g/mol. The van der Waals surface area contributed by atoms with E-state index in [1.165, 1.54) is 0 Å². The number of rotatable bonds is 5. The highest BCUT2D eigenvalue weighted by Gasteiger charge is 2.21. The van der Waals surface area contributed by atoms with Gasteiger partial charge in [0.2, 0.25) is 0 Å². The summed E-state index contributed by atoms with van der Waals surface area (Å²) in [5.74, 6) is 0. The predicted octanol–water partition coefficient (Wildman–Crippen LogP) is 4.61. The molecule has 4 heteroatoms. The first-order valence-electron chi connectivity index (χ1n) is 5.61. The molecule has 0 aliphatic heterocycles. The maximum Gasteiger partial charge on any atom is 0.0721 e. The van der Waals surface area contributed by atoms with Crippen molar-refractivity contribution in [3.8, 4) is 0 Å². The summed E-state index contributed by atoms with van der Waals surface area (Å²) in [5, 5.41) is 4.60. The third-order valence-electron chi connectivity index (χ3n) is 2.70. The van der Waals surface area contributed by atoms with Gasteiger partial charge in [0.25, 0.3) is 0 Å². The van der Waals surface area contributed by atoms with Gasteiger partial charge in [-0.25, -0.2) is 0 Å². The molecule has 0 spiro atoms. The van der Waals surface area contributed by atoms with Crippen LogP contribution in [0, 0.1) is 0 Å². The molecule has 0 radical (unpaired) electrons. The largest absolute Gasteiger partial charge is 0.380 e. The molecule has 1 aromatic rings. The van der Waals surface area contributed by atoms with Crippen LogP contribution in [0.1, 0.15) is 27.2 Å². The normalized spacial score (nSPS) is 13.5. The number of halogens is 2. The van der Waals surface area contributed by atoms with Gasteiger partial charge in [0.15, 0.2) is 0 Å². The molecule has 0 aliphatic rings. The number of hydrogen-bond acceptors (Lipinski definition) is 2. The Kier molecular flexibility index (Phi) is 5.11. The summed E-state index contributed by atoms with van der Waals surface area (Å²) in [6, 6.07) is 5.70. The Morgan fingerprint density at radius 1 is 1.29 bits per heavy atom. The Morgan fingerprint density at radius 2 is 1.82 bits per heavy atom. The van der Waals surface area contributed by atoms with Crippen molar-refractivity contribution in [1.29, 1.82) is 0 Å². The third kappa shape index (κ3) is 4.38. The molecule has 96 valence electrons. The fourth-order valence-electron chi connectivity index (χ4n) is 1.75. The quantitative estimate of drug-likeness (QED) is 0.848. The zero-order chi connectivity index (χ0) is 13.1. The van der Waals surface area contributed by atoms with Gasteiger partial charge < -0.3 is 10.1 Å². The van der Waals surface area contributed by atoms with E-state index >= 15 is 0 Å². The molecule has 0 amide bonds. The van der Waals surface area contributed by atoms with Crippen LogP contribution >= 0.6 is 23.2 Å². The first-order chi connectivity index (χ1) is 7.85. The van der Waals surface area contributed by atoms with Crippen molar-refractivity contribution >= 4 is 28.9 Å². The van der Waals surface area contributed by atoms with Gasteiger partial charge in [0.05, 0.1) is 21.3 Å². The minimum absolute atomic E-state index is 0.167. The summed E-state index contributed by atoms with van der Waals surface area (Å²) in [7, 11) is 1.72. The SMILES string of the molecule is COC(C)(C)CC(C)Nc1c(Cl)cccc1Cl. The maximum atomic E-state index is 6.10. The standard InChI is InChI=1S/C13H19Cl2NO/c1-9(8-13(2,3)17-4)16-12-10(14)6-5-7-11(12)15/h5-7,9,16H,8H2,1-4H3. The van der Waals surface area contributed by atoms with E-state index in [1.54, 1.807) is 7.11 Å². The van der Waals surface area contributed by atoms with E-state index in [-0.39, 0.29) is 11.6 Å². The third-order valence-corrected chi connectivity index (χ3v) is 3.33. The van der Waals surface area contributed by atoms with E-state index in [2.05, 4.69) is 26.1 Å². The summed E-state index contributed by atoms with van der Waals surface area (Å²) in [5.41, 5.74) is 0.621. The molecule has 1 aromatic carbocycles. The van der Waals surface area contributed by atoms with Gasteiger partial charge in [-0.2, -0.15) is 0 Å². The predicted molar refractivity (Wildman–Crippen MR) is 75.3 cm³/mol. The van der Waals surface area contributed by atoms with E-state index in [4.69, 9.17) is 27.9 Å². The molecule has 2 nitrogen and oxygen atoms in total. The number of ether oxygens (including phenoxy) is 1. The molecule has 1 N–H and O–H groups in total. The number of nitrogens with one attached hydrogen (secondary N) is 1. The fourth-order valence-corrected chi connectivity index (χ4v) is 2.26. The lowest BCUT2D eigenvalue weighted by Crippen LogP contribution is -2.31. The van der Waals surface area contributed by atoms with Crippen molar-refractivity contribution in [3.63, 3.8) is 0 Å². The van der Waals surface area contributed by atoms with E-state index < -0.39 is 0 Å². The summed E-state index contributed by atoms with van der Waals surface area (Å²) < 4.78 is 5.40. The Bertz CT molecular complexity index is 359. The van der Waals surface area contributed by atoms with Gasteiger partial charge in [-0.3, -0.25) is 0 Å². The Hall–Kier alpha value is -0.440. The molecule has 0 aliphatic carbocycles. The number of para-hydroxylation sites is 1. The lowest BCUT2D eigenvalue weighted by molar-refractivity contribution is 0.0128. The van der Waals surface area contributed by atoms with E-state index in [9.17, 15) is 0 Å². The van der Waals surface area contributed by atoms with Crippen molar-refractivity contribution in [1.82, 2.24) is 0 Å². The van der Waals surface area contributed by atoms with Crippen LogP contribution < -0.4 is 5.32 Å². The maximum absolute atomic E-state index is 6.10. The fraction of sp³-hybridized carbons (Fsp3) is 0.538. The van der Waals surface area contributed by atoms with E-state index in [0.717, 1.165) is 12.1 Å². The summed E-state index contributed by atoms with van der Waals surface area (Å²) in [6.07, 6.45) is 0.866. The van der Waals surface area contributed by atoms with Crippen molar-refractivity contribution < 1.29 is 4.74 Å². The smallest absolute Gasteiger partial charge is 0.0721 e. The second-order valence-electron chi connectivity index (χ2n) is 4.81. The molecule has 17 heavy (non-hydrogen) atoms. The Labute approximate surface area is 113 Å². The van der Waals surface area contributed by atoms with Gasteiger partial charge in [-0.15, -0.1) is 0 Å². The highest BCUT2D eigenvalue weighted by atomic mass is 35.5. The van der Waals surface area contributed by atoms with Crippen molar-refractivity contribution in [2.24, 2.45) is 0 Å². The second-order valence-corrected chi connectivity index (χ2v) is 5.62. The molecule has 1 unspecified atom stereocenters. The van der Waals surface area contributed by atoms with Gasteiger partial charge in [-0.1, -0.05) is 29.3 Å². The van der Waals surface area contributed by atoms with Crippen molar-refractivity contribution in [2.75, 3.05) is 12.4 Å². The van der Waals surface area contributed by atoms with Crippen LogP contribution in [0.4, 0.5) is 5.69 Å². The van der Waals surface area contributed by atoms with Crippen molar-refractivity contribution in [3.05, 3.63) is 28.2 Å². The average Bonchev–Trinajstić information content (AvgIpc) is 2.23. The van der Waals surface area contributed by atoms with Crippen LogP contribution in [-0.2, 0) is 4.74 Å². The number of hydrogen-bond donors (Lipinski definition) is 1. The molecule has 1 rings (SSSR count). The topological polar surface area (TPSA) is 21.3 Å². The van der Waals surface area contributed by atoms with Crippen molar-refractivity contribution in [2.45, 2.75) is 38.8 Å². The molecule has 0 saturated carbocycles. The monoisotopic (exact) mass is 275 g/mol. The minimum Gasteiger partial charge on any atom is -0.380 e. The highest BCUT2D eigenvalue weighted by Crippen LogP contribution is 2.31. The molecule has 0 bridgehead atoms. The zero-order valence-corrected chi connectivity index (χ0v) is 12.2. The van der Waals surface area contributed by atoms with Crippen LogP contribution in [0.3, 0.4) is 0 Å². The van der Waals surface area contributed by atoms with Crippen LogP contribution in [-0.4, -0.2) is 18.8 Å².